The highest BCUT2D eigenvalue weighted by atomic mass is 127. The molecule has 114 valence electrons. The zero-order chi connectivity index (χ0) is 15.8. The van der Waals surface area contributed by atoms with Gasteiger partial charge in [0.25, 0.3) is 0 Å². The van der Waals surface area contributed by atoms with Crippen molar-refractivity contribution in [3.8, 4) is 17.1 Å². The van der Waals surface area contributed by atoms with Gasteiger partial charge in [0, 0.05) is 10.6 Å². The van der Waals surface area contributed by atoms with Crippen LogP contribution in [0.4, 0.5) is 0 Å². The molecule has 4 nitrogen and oxygen atoms in total. The van der Waals surface area contributed by atoms with Gasteiger partial charge in [-0.1, -0.05) is 46.9 Å². The summed E-state index contributed by atoms with van der Waals surface area (Å²) in [5.41, 5.74) is 6.09. The van der Waals surface area contributed by atoms with E-state index in [1.807, 2.05) is 35.1 Å². The molecule has 0 amide bonds. The summed E-state index contributed by atoms with van der Waals surface area (Å²) >= 11 is 2.37. The van der Waals surface area contributed by atoms with Crippen LogP contribution in [0.5, 0.6) is 0 Å². The minimum absolute atomic E-state index is 0.598. The molecule has 0 N–H and O–H groups in total. The van der Waals surface area contributed by atoms with E-state index in [0.717, 1.165) is 26.8 Å². The minimum Gasteiger partial charge on any atom is -0.436 e. The highest BCUT2D eigenvalue weighted by Gasteiger charge is 2.12. The van der Waals surface area contributed by atoms with E-state index in [0.29, 0.717) is 5.89 Å². The van der Waals surface area contributed by atoms with Crippen LogP contribution in [0, 0.1) is 6.92 Å². The number of fused-ring (bicyclic) bond motifs is 1. The van der Waals surface area contributed by atoms with Gasteiger partial charge in [-0.2, -0.15) is 5.10 Å². The summed E-state index contributed by atoms with van der Waals surface area (Å²) in [7, 11) is 0. The Morgan fingerprint density at radius 1 is 1.17 bits per heavy atom. The maximum absolute atomic E-state index is 5.82. The molecule has 0 saturated heterocycles. The van der Waals surface area contributed by atoms with Gasteiger partial charge in [0.1, 0.15) is 5.52 Å². The largest absolute Gasteiger partial charge is 0.436 e. The fourth-order valence-corrected chi connectivity index (χ4v) is 3.21. The first kappa shape index (κ1) is 14.4. The molecule has 0 radical (unpaired) electrons. The first-order valence-corrected chi connectivity index (χ1v) is 8.83. The number of aryl methyl sites for hydroxylation is 1. The lowest BCUT2D eigenvalue weighted by Crippen LogP contribution is -1.99. The molecule has 2 heterocycles. The van der Waals surface area contributed by atoms with Gasteiger partial charge in [-0.3, -0.25) is 0 Å². The Bertz CT molecular complexity index is 954. The van der Waals surface area contributed by atoms with Crippen LogP contribution in [-0.4, -0.2) is 14.8 Å². The third-order valence-electron chi connectivity index (χ3n) is 3.76. The van der Waals surface area contributed by atoms with E-state index in [1.165, 1.54) is 11.1 Å². The van der Waals surface area contributed by atoms with Gasteiger partial charge in [0.05, 0.1) is 17.4 Å². The summed E-state index contributed by atoms with van der Waals surface area (Å²) in [6.45, 7) is 2.09. The molecular weight excluding hydrogens is 401 g/mol. The maximum atomic E-state index is 5.82. The van der Waals surface area contributed by atoms with Crippen molar-refractivity contribution in [1.29, 1.82) is 0 Å². The molecule has 5 heteroatoms. The van der Waals surface area contributed by atoms with Gasteiger partial charge in [-0.15, -0.1) is 0 Å². The molecule has 0 saturated carbocycles. The van der Waals surface area contributed by atoms with Crippen LogP contribution in [0.15, 0.2) is 59.3 Å². The quantitative estimate of drug-likeness (QED) is 0.352. The van der Waals surface area contributed by atoms with Crippen molar-refractivity contribution in [3.63, 3.8) is 0 Å². The third kappa shape index (κ3) is 2.65. The Kier molecular flexibility index (Phi) is 3.65. The van der Waals surface area contributed by atoms with Gasteiger partial charge in [0.15, 0.2) is 5.58 Å². The molecule has 4 rings (SSSR count). The number of halogens is 1. The van der Waals surface area contributed by atoms with Crippen molar-refractivity contribution < 1.29 is 4.42 Å². The summed E-state index contributed by atoms with van der Waals surface area (Å²) in [6, 6.07) is 14.2. The van der Waals surface area contributed by atoms with Crippen LogP contribution in [-0.2, 0) is 4.43 Å². The molecule has 2 aromatic carbocycles. The zero-order valence-electron chi connectivity index (χ0n) is 12.5. The lowest BCUT2D eigenvalue weighted by atomic mass is 10.1. The molecule has 0 unspecified atom stereocenters. The van der Waals surface area contributed by atoms with Gasteiger partial charge >= 0.3 is 0 Å². The van der Waals surface area contributed by atoms with Crippen molar-refractivity contribution in [2.24, 2.45) is 0 Å². The molecule has 0 aliphatic heterocycles. The number of benzene rings is 2. The van der Waals surface area contributed by atoms with Crippen LogP contribution in [0.1, 0.15) is 11.1 Å². The van der Waals surface area contributed by atoms with E-state index in [4.69, 9.17) is 4.42 Å². The number of hydrogen-bond donors (Lipinski definition) is 0. The monoisotopic (exact) mass is 415 g/mol. The first-order valence-electron chi connectivity index (χ1n) is 7.31. The van der Waals surface area contributed by atoms with Crippen LogP contribution in [0.3, 0.4) is 0 Å². The zero-order valence-corrected chi connectivity index (χ0v) is 14.7. The van der Waals surface area contributed by atoms with Crippen molar-refractivity contribution in [2.75, 3.05) is 0 Å². The average Bonchev–Trinajstić information content (AvgIpc) is 3.21. The van der Waals surface area contributed by atoms with Gasteiger partial charge in [-0.05, 0) is 36.2 Å². The molecule has 0 atom stereocenters. The molecule has 0 spiro atoms. The van der Waals surface area contributed by atoms with Crippen LogP contribution >= 0.6 is 22.6 Å². The van der Waals surface area contributed by atoms with E-state index in [2.05, 4.69) is 57.8 Å². The second-order valence-corrected chi connectivity index (χ2v) is 6.19. The maximum Gasteiger partial charge on any atom is 0.230 e. The molecule has 2 aromatic heterocycles. The molecule has 0 aliphatic rings. The van der Waals surface area contributed by atoms with Gasteiger partial charge < -0.3 is 4.42 Å². The standard InChI is InChI=1S/C18H14IN3O/c1-12-6-7-13(9-19)16(8-12)22-11-14(10-20-22)18-21-15-4-2-3-5-17(15)23-18/h2-8,10-11H,9H2,1H3. The number of alkyl halides is 1. The smallest absolute Gasteiger partial charge is 0.230 e. The number of aromatic nitrogens is 3. The Labute approximate surface area is 147 Å². The lowest BCUT2D eigenvalue weighted by Gasteiger charge is -2.08. The Morgan fingerprint density at radius 3 is 2.87 bits per heavy atom. The fraction of sp³-hybridized carbons (Fsp3) is 0.111. The lowest BCUT2D eigenvalue weighted by molar-refractivity contribution is 0.620. The second kappa shape index (κ2) is 5.81. The second-order valence-electron chi connectivity index (χ2n) is 5.43. The minimum atomic E-state index is 0.598. The number of hydrogen-bond acceptors (Lipinski definition) is 3. The van der Waals surface area contributed by atoms with Crippen molar-refractivity contribution in [2.45, 2.75) is 11.4 Å². The Balaban J connectivity index is 1.78. The van der Waals surface area contributed by atoms with E-state index >= 15 is 0 Å². The van der Waals surface area contributed by atoms with E-state index in [9.17, 15) is 0 Å². The normalized spacial score (nSPS) is 11.2. The highest BCUT2D eigenvalue weighted by molar-refractivity contribution is 14.1. The summed E-state index contributed by atoms with van der Waals surface area (Å²) in [5, 5.41) is 4.50. The van der Waals surface area contributed by atoms with Crippen molar-refractivity contribution in [3.05, 3.63) is 66.0 Å². The van der Waals surface area contributed by atoms with E-state index in [1.54, 1.807) is 6.20 Å². The van der Waals surface area contributed by atoms with Gasteiger partial charge in [-0.25, -0.2) is 9.67 Å². The topological polar surface area (TPSA) is 43.9 Å². The number of rotatable bonds is 3. The highest BCUT2D eigenvalue weighted by Crippen LogP contribution is 2.26. The Morgan fingerprint density at radius 2 is 2.04 bits per heavy atom. The predicted molar refractivity (Wildman–Crippen MR) is 99.0 cm³/mol. The number of oxazole rings is 1. The molecule has 4 aromatic rings. The van der Waals surface area contributed by atoms with Gasteiger partial charge in [0.2, 0.25) is 5.89 Å². The Hall–Kier alpha value is -2.15. The number of nitrogens with zero attached hydrogens (tertiary/aromatic N) is 3. The molecule has 0 fully saturated rings. The first-order chi connectivity index (χ1) is 11.2. The SMILES string of the molecule is Cc1ccc(CI)c(-n2cc(-c3nc4ccccc4o3)cn2)c1. The molecular formula is C18H14IN3O. The van der Waals surface area contributed by atoms with E-state index < -0.39 is 0 Å². The predicted octanol–water partition coefficient (Wildman–Crippen LogP) is 4.92. The molecule has 23 heavy (non-hydrogen) atoms. The number of para-hydroxylation sites is 2. The van der Waals surface area contributed by atoms with E-state index in [-0.39, 0.29) is 0 Å². The summed E-state index contributed by atoms with van der Waals surface area (Å²) in [6.07, 6.45) is 3.76. The molecule has 0 bridgehead atoms. The van der Waals surface area contributed by atoms with Crippen molar-refractivity contribution >= 4 is 33.7 Å². The van der Waals surface area contributed by atoms with Crippen LogP contribution in [0.2, 0.25) is 0 Å². The third-order valence-corrected chi connectivity index (χ3v) is 4.58. The molecule has 0 aliphatic carbocycles. The fourth-order valence-electron chi connectivity index (χ4n) is 2.56. The average molecular weight is 415 g/mol. The van der Waals surface area contributed by atoms with Crippen LogP contribution in [0.25, 0.3) is 28.2 Å². The summed E-state index contributed by atoms with van der Waals surface area (Å²) in [5.74, 6) is 0.598. The summed E-state index contributed by atoms with van der Waals surface area (Å²) in [4.78, 5) is 4.53. The summed E-state index contributed by atoms with van der Waals surface area (Å²) < 4.78 is 8.65. The van der Waals surface area contributed by atoms with Crippen molar-refractivity contribution in [1.82, 2.24) is 14.8 Å². The van der Waals surface area contributed by atoms with Crippen LogP contribution < -0.4 is 0 Å².